The Kier molecular flexibility index (Phi) is 8.30. The predicted molar refractivity (Wildman–Crippen MR) is 76.9 cm³/mol. The summed E-state index contributed by atoms with van der Waals surface area (Å²) in [5, 5.41) is 11.5. The highest BCUT2D eigenvalue weighted by atomic mass is 16.4. The molecule has 2 atom stereocenters. The van der Waals surface area contributed by atoms with Crippen molar-refractivity contribution in [3.63, 3.8) is 0 Å². The summed E-state index contributed by atoms with van der Waals surface area (Å²) in [6, 6.07) is -1.68. The number of aliphatic imine (C=N–C) groups is 1. The van der Waals surface area contributed by atoms with Crippen LogP contribution in [0.1, 0.15) is 33.1 Å². The highest BCUT2D eigenvalue weighted by Crippen LogP contribution is 2.04. The van der Waals surface area contributed by atoms with Crippen molar-refractivity contribution in [1.82, 2.24) is 5.32 Å². The highest BCUT2D eigenvalue weighted by molar-refractivity contribution is 5.86. The number of carboxylic acid groups (broad SMARTS) is 1. The van der Waals surface area contributed by atoms with Gasteiger partial charge in [0.15, 0.2) is 5.96 Å². The minimum absolute atomic E-state index is 0.0418. The first-order valence-electron chi connectivity index (χ1n) is 6.58. The maximum atomic E-state index is 11.8. The van der Waals surface area contributed by atoms with Crippen LogP contribution < -0.4 is 22.5 Å². The number of rotatable bonds is 9. The molecule has 8 N–H and O–H groups in total. The Hall–Kier alpha value is -1.83. The molecule has 116 valence electrons. The van der Waals surface area contributed by atoms with Crippen molar-refractivity contribution in [3.8, 4) is 0 Å². The summed E-state index contributed by atoms with van der Waals surface area (Å²) < 4.78 is 0. The van der Waals surface area contributed by atoms with Gasteiger partial charge in [0.05, 0.1) is 6.04 Å². The van der Waals surface area contributed by atoms with Crippen LogP contribution in [-0.4, -0.2) is 41.6 Å². The molecule has 1 amide bonds. The third-order valence-corrected chi connectivity index (χ3v) is 2.62. The van der Waals surface area contributed by atoms with Crippen molar-refractivity contribution in [2.24, 2.45) is 28.1 Å². The SMILES string of the molecule is CC(C)C[C@H](N)C(=O)N[C@H](CCCN=C(N)N)C(=O)O. The molecule has 8 heteroatoms. The topological polar surface area (TPSA) is 157 Å². The van der Waals surface area contributed by atoms with Gasteiger partial charge in [0.25, 0.3) is 0 Å². The van der Waals surface area contributed by atoms with Gasteiger partial charge in [-0.3, -0.25) is 9.79 Å². The molecule has 0 saturated carbocycles. The molecule has 0 aromatic heterocycles. The average Bonchev–Trinajstić information content (AvgIpc) is 2.31. The lowest BCUT2D eigenvalue weighted by Gasteiger charge is -2.18. The summed E-state index contributed by atoms with van der Waals surface area (Å²) in [6.07, 6.45) is 1.20. The number of carbonyl (C=O) groups excluding carboxylic acids is 1. The zero-order valence-electron chi connectivity index (χ0n) is 12.0. The Morgan fingerprint density at radius 1 is 1.30 bits per heavy atom. The summed E-state index contributed by atoms with van der Waals surface area (Å²) in [5.41, 5.74) is 16.0. The van der Waals surface area contributed by atoms with Crippen molar-refractivity contribution >= 4 is 17.8 Å². The second-order valence-electron chi connectivity index (χ2n) is 5.08. The molecular weight excluding hydrogens is 262 g/mol. The smallest absolute Gasteiger partial charge is 0.326 e. The van der Waals surface area contributed by atoms with Crippen molar-refractivity contribution in [2.75, 3.05) is 6.54 Å². The monoisotopic (exact) mass is 287 g/mol. The van der Waals surface area contributed by atoms with Crippen LogP contribution in [0, 0.1) is 5.92 Å². The molecule has 0 fully saturated rings. The van der Waals surface area contributed by atoms with E-state index in [1.165, 1.54) is 0 Å². The number of hydrogen-bond acceptors (Lipinski definition) is 4. The van der Waals surface area contributed by atoms with Crippen molar-refractivity contribution in [3.05, 3.63) is 0 Å². The normalized spacial score (nSPS) is 13.6. The number of aliphatic carboxylic acids is 1. The van der Waals surface area contributed by atoms with Gasteiger partial charge in [-0.25, -0.2) is 4.79 Å². The number of nitrogens with zero attached hydrogens (tertiary/aromatic N) is 1. The molecule has 0 spiro atoms. The Morgan fingerprint density at radius 2 is 1.90 bits per heavy atom. The summed E-state index contributed by atoms with van der Waals surface area (Å²) in [5.74, 6) is -1.33. The van der Waals surface area contributed by atoms with Gasteiger partial charge in [0, 0.05) is 6.54 Å². The predicted octanol–water partition coefficient (Wildman–Crippen LogP) is -1.02. The van der Waals surface area contributed by atoms with Gasteiger partial charge in [-0.2, -0.15) is 0 Å². The molecular formula is C12H25N5O3. The Morgan fingerprint density at radius 3 is 2.35 bits per heavy atom. The molecule has 20 heavy (non-hydrogen) atoms. The summed E-state index contributed by atoms with van der Waals surface area (Å²) in [7, 11) is 0. The molecule has 0 unspecified atom stereocenters. The van der Waals surface area contributed by atoms with Crippen LogP contribution in [0.5, 0.6) is 0 Å². The van der Waals surface area contributed by atoms with E-state index >= 15 is 0 Å². The molecule has 0 rings (SSSR count). The van der Waals surface area contributed by atoms with Crippen LogP contribution in [0.15, 0.2) is 4.99 Å². The Bertz CT molecular complexity index is 353. The van der Waals surface area contributed by atoms with E-state index in [4.69, 9.17) is 22.3 Å². The molecule has 0 radical (unpaired) electrons. The van der Waals surface area contributed by atoms with Crippen molar-refractivity contribution in [1.29, 1.82) is 0 Å². The van der Waals surface area contributed by atoms with E-state index in [0.717, 1.165) is 0 Å². The van der Waals surface area contributed by atoms with Crippen molar-refractivity contribution < 1.29 is 14.7 Å². The average molecular weight is 287 g/mol. The zero-order valence-corrected chi connectivity index (χ0v) is 12.0. The third-order valence-electron chi connectivity index (χ3n) is 2.62. The molecule has 0 aliphatic rings. The molecule has 0 aromatic rings. The van der Waals surface area contributed by atoms with Gasteiger partial charge in [0.2, 0.25) is 5.91 Å². The van der Waals surface area contributed by atoms with Crippen LogP contribution in [0.3, 0.4) is 0 Å². The summed E-state index contributed by atoms with van der Waals surface area (Å²) >= 11 is 0. The van der Waals surface area contributed by atoms with Crippen molar-refractivity contribution in [2.45, 2.75) is 45.2 Å². The van der Waals surface area contributed by atoms with E-state index < -0.39 is 24.0 Å². The maximum Gasteiger partial charge on any atom is 0.326 e. The number of guanidine groups is 1. The minimum Gasteiger partial charge on any atom is -0.480 e. The zero-order chi connectivity index (χ0) is 15.7. The van der Waals surface area contributed by atoms with Crippen LogP contribution in [0.25, 0.3) is 0 Å². The van der Waals surface area contributed by atoms with Crippen LogP contribution >= 0.6 is 0 Å². The van der Waals surface area contributed by atoms with Crippen LogP contribution in [0.2, 0.25) is 0 Å². The minimum atomic E-state index is -1.10. The first-order chi connectivity index (χ1) is 9.23. The Labute approximate surface area is 118 Å². The third kappa shape index (κ3) is 8.30. The van der Waals surface area contributed by atoms with E-state index in [1.54, 1.807) is 0 Å². The standard InChI is InChI=1S/C12H25N5O3/c1-7(2)6-8(13)10(18)17-9(11(19)20)4-3-5-16-12(14)15/h7-9H,3-6,13H2,1-2H3,(H,17,18)(H,19,20)(H4,14,15,16)/t8-,9+/m0/s1. The number of nitrogens with two attached hydrogens (primary N) is 3. The van der Waals surface area contributed by atoms with E-state index in [-0.39, 0.29) is 18.3 Å². The quantitative estimate of drug-likeness (QED) is 0.207. The number of amides is 1. The lowest BCUT2D eigenvalue weighted by Crippen LogP contribution is -2.48. The summed E-state index contributed by atoms with van der Waals surface area (Å²) in [6.45, 7) is 4.20. The second kappa shape index (κ2) is 9.13. The lowest BCUT2D eigenvalue weighted by molar-refractivity contribution is -0.142. The second-order valence-corrected chi connectivity index (χ2v) is 5.08. The lowest BCUT2D eigenvalue weighted by atomic mass is 10.0. The van der Waals surface area contributed by atoms with Crippen LogP contribution in [0.4, 0.5) is 0 Å². The number of hydrogen-bond donors (Lipinski definition) is 5. The fourth-order valence-corrected chi connectivity index (χ4v) is 1.65. The first-order valence-corrected chi connectivity index (χ1v) is 6.58. The van der Waals surface area contributed by atoms with E-state index in [2.05, 4.69) is 10.3 Å². The fourth-order valence-electron chi connectivity index (χ4n) is 1.65. The fraction of sp³-hybridized carbons (Fsp3) is 0.750. The number of carbonyl (C=O) groups is 2. The maximum absolute atomic E-state index is 11.8. The number of nitrogens with one attached hydrogen (secondary N) is 1. The molecule has 0 aliphatic heterocycles. The van der Waals surface area contributed by atoms with Gasteiger partial charge in [0.1, 0.15) is 6.04 Å². The van der Waals surface area contributed by atoms with Gasteiger partial charge in [-0.15, -0.1) is 0 Å². The van der Waals surface area contributed by atoms with E-state index in [0.29, 0.717) is 19.4 Å². The molecule has 0 bridgehead atoms. The molecule has 0 aromatic carbocycles. The van der Waals surface area contributed by atoms with Gasteiger partial charge in [-0.05, 0) is 25.2 Å². The van der Waals surface area contributed by atoms with E-state index in [9.17, 15) is 9.59 Å². The molecule has 0 aliphatic carbocycles. The molecule has 8 nitrogen and oxygen atoms in total. The van der Waals surface area contributed by atoms with Gasteiger partial charge < -0.3 is 27.6 Å². The largest absolute Gasteiger partial charge is 0.480 e. The van der Waals surface area contributed by atoms with Gasteiger partial charge in [-0.1, -0.05) is 13.8 Å². The highest BCUT2D eigenvalue weighted by Gasteiger charge is 2.23. The molecule has 0 heterocycles. The summed E-state index contributed by atoms with van der Waals surface area (Å²) in [4.78, 5) is 26.6. The Balaban J connectivity index is 4.30. The van der Waals surface area contributed by atoms with E-state index in [1.807, 2.05) is 13.8 Å². The molecule has 0 saturated heterocycles. The van der Waals surface area contributed by atoms with Gasteiger partial charge >= 0.3 is 5.97 Å². The number of carboxylic acids is 1. The van der Waals surface area contributed by atoms with Crippen LogP contribution in [-0.2, 0) is 9.59 Å². The first kappa shape index (κ1) is 18.2.